The van der Waals surface area contributed by atoms with Gasteiger partial charge in [-0.05, 0) is 62.5 Å². The fourth-order valence-electron chi connectivity index (χ4n) is 3.18. The first kappa shape index (κ1) is 17.0. The lowest BCUT2D eigenvalue weighted by Crippen LogP contribution is -2.37. The first-order valence-electron chi connectivity index (χ1n) is 8.40. The van der Waals surface area contributed by atoms with Gasteiger partial charge in [-0.2, -0.15) is 0 Å². The Kier molecular flexibility index (Phi) is 7.21. The number of hydrogen-bond acceptors (Lipinski definition) is 2. The highest BCUT2D eigenvalue weighted by molar-refractivity contribution is 9.10. The zero-order valence-corrected chi connectivity index (χ0v) is 15.0. The molecule has 0 bridgehead atoms. The molecule has 0 aliphatic carbocycles. The molecule has 1 aliphatic rings. The van der Waals surface area contributed by atoms with Crippen molar-refractivity contribution in [3.63, 3.8) is 0 Å². The molecule has 118 valence electrons. The summed E-state index contributed by atoms with van der Waals surface area (Å²) in [4.78, 5) is 2.64. The third kappa shape index (κ3) is 5.72. The first-order chi connectivity index (χ1) is 10.2. The molecule has 1 heterocycles. The first-order valence-corrected chi connectivity index (χ1v) is 9.19. The van der Waals surface area contributed by atoms with Crippen LogP contribution in [0.5, 0.6) is 0 Å². The highest BCUT2D eigenvalue weighted by Crippen LogP contribution is 2.20. The van der Waals surface area contributed by atoms with E-state index in [1.54, 1.807) is 0 Å². The molecule has 1 fully saturated rings. The van der Waals surface area contributed by atoms with E-state index in [1.807, 2.05) is 0 Å². The van der Waals surface area contributed by atoms with Crippen LogP contribution in [-0.4, -0.2) is 31.1 Å². The van der Waals surface area contributed by atoms with Crippen molar-refractivity contribution in [2.45, 2.75) is 45.6 Å². The Hall–Kier alpha value is -0.380. The summed E-state index contributed by atoms with van der Waals surface area (Å²) in [5, 5.41) is 3.75. The largest absolute Gasteiger partial charge is 0.310 e. The topological polar surface area (TPSA) is 15.3 Å². The van der Waals surface area contributed by atoms with Gasteiger partial charge in [-0.25, -0.2) is 0 Å². The van der Waals surface area contributed by atoms with Crippen LogP contribution in [0.25, 0.3) is 0 Å². The van der Waals surface area contributed by atoms with Crippen LogP contribution in [0.1, 0.15) is 51.1 Å². The quantitative estimate of drug-likeness (QED) is 0.770. The van der Waals surface area contributed by atoms with Crippen LogP contribution < -0.4 is 5.32 Å². The fourth-order valence-corrected chi connectivity index (χ4v) is 3.45. The SMILES string of the molecule is CCC(NCC(C)CN1CCCCC1)c1ccc(Br)cc1. The average molecular weight is 353 g/mol. The molecule has 2 rings (SSSR count). The van der Waals surface area contributed by atoms with Crippen LogP contribution in [0.4, 0.5) is 0 Å². The van der Waals surface area contributed by atoms with Crippen molar-refractivity contribution in [3.8, 4) is 0 Å². The predicted octanol–water partition coefficient (Wildman–Crippen LogP) is 4.61. The summed E-state index contributed by atoms with van der Waals surface area (Å²) in [5.41, 5.74) is 1.39. The summed E-state index contributed by atoms with van der Waals surface area (Å²) in [6, 6.07) is 9.19. The van der Waals surface area contributed by atoms with Crippen LogP contribution in [0, 0.1) is 5.92 Å². The molecule has 0 radical (unpaired) electrons. The second-order valence-corrected chi connectivity index (χ2v) is 7.30. The van der Waals surface area contributed by atoms with Crippen LogP contribution in [0.2, 0.25) is 0 Å². The number of likely N-dealkylation sites (tertiary alicyclic amines) is 1. The Morgan fingerprint density at radius 1 is 1.14 bits per heavy atom. The van der Waals surface area contributed by atoms with Crippen molar-refractivity contribution in [1.82, 2.24) is 10.2 Å². The third-order valence-electron chi connectivity index (χ3n) is 4.41. The van der Waals surface area contributed by atoms with Crippen molar-refractivity contribution >= 4 is 15.9 Å². The number of nitrogens with zero attached hydrogens (tertiary/aromatic N) is 1. The summed E-state index contributed by atoms with van der Waals surface area (Å²) < 4.78 is 1.15. The fraction of sp³-hybridized carbons (Fsp3) is 0.667. The highest BCUT2D eigenvalue weighted by Gasteiger charge is 2.15. The summed E-state index contributed by atoms with van der Waals surface area (Å²) in [6.07, 6.45) is 5.33. The summed E-state index contributed by atoms with van der Waals surface area (Å²) in [6.45, 7) is 9.57. The van der Waals surface area contributed by atoms with Crippen molar-refractivity contribution in [3.05, 3.63) is 34.3 Å². The van der Waals surface area contributed by atoms with Gasteiger partial charge < -0.3 is 10.2 Å². The highest BCUT2D eigenvalue weighted by atomic mass is 79.9. The van der Waals surface area contributed by atoms with Gasteiger partial charge in [0.2, 0.25) is 0 Å². The molecule has 1 aromatic rings. The number of benzene rings is 1. The van der Waals surface area contributed by atoms with Crippen molar-refractivity contribution < 1.29 is 0 Å². The van der Waals surface area contributed by atoms with Gasteiger partial charge in [0.15, 0.2) is 0 Å². The van der Waals surface area contributed by atoms with Crippen molar-refractivity contribution in [2.24, 2.45) is 5.92 Å². The molecule has 0 spiro atoms. The number of hydrogen-bond donors (Lipinski definition) is 1. The number of nitrogens with one attached hydrogen (secondary N) is 1. The molecule has 1 N–H and O–H groups in total. The van der Waals surface area contributed by atoms with Crippen LogP contribution in [-0.2, 0) is 0 Å². The number of halogens is 1. The maximum atomic E-state index is 3.75. The molecule has 3 heteroatoms. The average Bonchev–Trinajstić information content (AvgIpc) is 2.50. The molecule has 0 aromatic heterocycles. The molecule has 0 saturated carbocycles. The van der Waals surface area contributed by atoms with Gasteiger partial charge >= 0.3 is 0 Å². The molecule has 0 amide bonds. The Balaban J connectivity index is 1.77. The van der Waals surface area contributed by atoms with Crippen molar-refractivity contribution in [2.75, 3.05) is 26.2 Å². The Bertz CT molecular complexity index is 398. The van der Waals surface area contributed by atoms with Gasteiger partial charge in [0.25, 0.3) is 0 Å². The van der Waals surface area contributed by atoms with Crippen LogP contribution in [0.3, 0.4) is 0 Å². The zero-order chi connectivity index (χ0) is 15.1. The Morgan fingerprint density at radius 2 is 1.81 bits per heavy atom. The van der Waals surface area contributed by atoms with Gasteiger partial charge in [0, 0.05) is 17.1 Å². The second-order valence-electron chi connectivity index (χ2n) is 6.39. The van der Waals surface area contributed by atoms with E-state index < -0.39 is 0 Å². The minimum absolute atomic E-state index is 0.474. The molecule has 1 saturated heterocycles. The molecule has 1 aliphatic heterocycles. The van der Waals surface area contributed by atoms with Crippen LogP contribution in [0.15, 0.2) is 28.7 Å². The summed E-state index contributed by atoms with van der Waals surface area (Å²) in [7, 11) is 0. The van der Waals surface area contributed by atoms with Crippen LogP contribution >= 0.6 is 15.9 Å². The van der Waals surface area contributed by atoms with E-state index in [1.165, 1.54) is 44.5 Å². The number of rotatable bonds is 7. The maximum absolute atomic E-state index is 3.75. The zero-order valence-electron chi connectivity index (χ0n) is 13.4. The van der Waals surface area contributed by atoms with Gasteiger partial charge in [0.05, 0.1) is 0 Å². The second kappa shape index (κ2) is 8.92. The molecular formula is C18H29BrN2. The van der Waals surface area contributed by atoms with E-state index in [9.17, 15) is 0 Å². The number of piperidine rings is 1. The lowest BCUT2D eigenvalue weighted by molar-refractivity contribution is 0.197. The molecule has 2 unspecified atom stereocenters. The molecule has 1 aromatic carbocycles. The normalized spacial score (nSPS) is 19.4. The minimum Gasteiger partial charge on any atom is -0.310 e. The van der Waals surface area contributed by atoms with Gasteiger partial charge in [-0.15, -0.1) is 0 Å². The molecule has 2 atom stereocenters. The van der Waals surface area contributed by atoms with E-state index in [-0.39, 0.29) is 0 Å². The standard InChI is InChI=1S/C18H29BrN2/c1-3-18(16-7-9-17(19)10-8-16)20-13-15(2)14-21-11-5-4-6-12-21/h7-10,15,18,20H,3-6,11-14H2,1-2H3. The predicted molar refractivity (Wildman–Crippen MR) is 94.6 cm³/mol. The smallest absolute Gasteiger partial charge is 0.0317 e. The van der Waals surface area contributed by atoms with Gasteiger partial charge in [0.1, 0.15) is 0 Å². The minimum atomic E-state index is 0.474. The molecular weight excluding hydrogens is 324 g/mol. The Morgan fingerprint density at radius 3 is 2.43 bits per heavy atom. The van der Waals surface area contributed by atoms with E-state index in [0.717, 1.165) is 17.4 Å². The maximum Gasteiger partial charge on any atom is 0.0317 e. The third-order valence-corrected chi connectivity index (χ3v) is 4.94. The van der Waals surface area contributed by atoms with E-state index in [4.69, 9.17) is 0 Å². The Labute approximate surface area is 138 Å². The lowest BCUT2D eigenvalue weighted by atomic mass is 10.0. The summed E-state index contributed by atoms with van der Waals surface area (Å²) >= 11 is 3.51. The van der Waals surface area contributed by atoms with Gasteiger partial charge in [-0.3, -0.25) is 0 Å². The monoisotopic (exact) mass is 352 g/mol. The van der Waals surface area contributed by atoms with E-state index in [0.29, 0.717) is 12.0 Å². The van der Waals surface area contributed by atoms with E-state index in [2.05, 4.69) is 64.3 Å². The summed E-state index contributed by atoms with van der Waals surface area (Å²) in [5.74, 6) is 0.715. The molecule has 2 nitrogen and oxygen atoms in total. The lowest BCUT2D eigenvalue weighted by Gasteiger charge is -2.30. The molecule has 21 heavy (non-hydrogen) atoms. The van der Waals surface area contributed by atoms with Gasteiger partial charge in [-0.1, -0.05) is 48.3 Å². The van der Waals surface area contributed by atoms with E-state index >= 15 is 0 Å². The van der Waals surface area contributed by atoms with Crippen molar-refractivity contribution in [1.29, 1.82) is 0 Å².